The Labute approximate surface area is 76.6 Å². The summed E-state index contributed by atoms with van der Waals surface area (Å²) in [6.45, 7) is 1.44. The largest absolute Gasteiger partial charge is 0.394 e. The van der Waals surface area contributed by atoms with E-state index in [0.717, 1.165) is 0 Å². The molecule has 1 aliphatic heterocycles. The molecule has 1 heterocycles. The summed E-state index contributed by atoms with van der Waals surface area (Å²) < 4.78 is 5.17. The highest BCUT2D eigenvalue weighted by molar-refractivity contribution is 4.91. The first-order valence-electron chi connectivity index (χ1n) is 4.42. The molecule has 1 saturated heterocycles. The maximum absolute atomic E-state index is 9.40. The van der Waals surface area contributed by atoms with E-state index in [2.05, 4.69) is 0 Å². The molecule has 5 nitrogen and oxygen atoms in total. The monoisotopic (exact) mass is 192 g/mol. The van der Waals surface area contributed by atoms with Crippen molar-refractivity contribution in [2.24, 2.45) is 0 Å². The van der Waals surface area contributed by atoms with Crippen LogP contribution in [0.25, 0.3) is 0 Å². The SMILES string of the molecule is CC[C@H]1OC(CO)[C@@H](O)[C@H](O)C1O. The van der Waals surface area contributed by atoms with Crippen molar-refractivity contribution in [3.8, 4) is 0 Å². The van der Waals surface area contributed by atoms with Crippen LogP contribution >= 0.6 is 0 Å². The van der Waals surface area contributed by atoms with Gasteiger partial charge in [-0.1, -0.05) is 6.92 Å². The van der Waals surface area contributed by atoms with E-state index in [0.29, 0.717) is 6.42 Å². The van der Waals surface area contributed by atoms with Crippen LogP contribution in [0.2, 0.25) is 0 Å². The van der Waals surface area contributed by atoms with Crippen LogP contribution in [0, 0.1) is 0 Å². The van der Waals surface area contributed by atoms with Crippen molar-refractivity contribution >= 4 is 0 Å². The first-order chi connectivity index (χ1) is 6.11. The second kappa shape index (κ2) is 4.34. The smallest absolute Gasteiger partial charge is 0.111 e. The van der Waals surface area contributed by atoms with E-state index in [1.165, 1.54) is 0 Å². The fourth-order valence-electron chi connectivity index (χ4n) is 1.52. The summed E-state index contributed by atoms with van der Waals surface area (Å²) in [5.74, 6) is 0. The number of ether oxygens (including phenoxy) is 1. The van der Waals surface area contributed by atoms with Gasteiger partial charge in [-0.25, -0.2) is 0 Å². The Kier molecular flexibility index (Phi) is 3.63. The normalized spacial score (nSPS) is 46.4. The number of aliphatic hydroxyl groups excluding tert-OH is 4. The molecule has 1 aliphatic rings. The average Bonchev–Trinajstić information content (AvgIpc) is 2.15. The maximum atomic E-state index is 9.40. The Hall–Kier alpha value is -0.200. The molecule has 13 heavy (non-hydrogen) atoms. The van der Waals surface area contributed by atoms with Crippen LogP contribution in [0.15, 0.2) is 0 Å². The zero-order valence-corrected chi connectivity index (χ0v) is 7.50. The molecule has 5 atom stereocenters. The van der Waals surface area contributed by atoms with Crippen LogP contribution in [0.1, 0.15) is 13.3 Å². The number of rotatable bonds is 2. The van der Waals surface area contributed by atoms with E-state index in [1.807, 2.05) is 0 Å². The first kappa shape index (κ1) is 10.9. The molecule has 0 aromatic heterocycles. The lowest BCUT2D eigenvalue weighted by molar-refractivity contribution is -0.229. The molecular weight excluding hydrogens is 176 g/mol. The lowest BCUT2D eigenvalue weighted by Crippen LogP contribution is -2.58. The van der Waals surface area contributed by atoms with Gasteiger partial charge >= 0.3 is 0 Å². The molecule has 5 heteroatoms. The lowest BCUT2D eigenvalue weighted by Gasteiger charge is -2.39. The van der Waals surface area contributed by atoms with Crippen LogP contribution in [0.3, 0.4) is 0 Å². The van der Waals surface area contributed by atoms with E-state index < -0.39 is 30.5 Å². The second-order valence-corrected chi connectivity index (χ2v) is 3.28. The van der Waals surface area contributed by atoms with Crippen molar-refractivity contribution in [1.29, 1.82) is 0 Å². The molecular formula is C8H16O5. The van der Waals surface area contributed by atoms with Crippen molar-refractivity contribution in [3.63, 3.8) is 0 Å². The summed E-state index contributed by atoms with van der Waals surface area (Å²) in [6.07, 6.45) is -4.33. The Morgan fingerprint density at radius 1 is 1.00 bits per heavy atom. The molecule has 0 aromatic carbocycles. The van der Waals surface area contributed by atoms with Gasteiger partial charge in [-0.15, -0.1) is 0 Å². The highest BCUT2D eigenvalue weighted by Gasteiger charge is 2.42. The van der Waals surface area contributed by atoms with Gasteiger partial charge < -0.3 is 25.2 Å². The Morgan fingerprint density at radius 2 is 1.54 bits per heavy atom. The summed E-state index contributed by atoms with van der Waals surface area (Å²) in [4.78, 5) is 0. The molecule has 0 aliphatic carbocycles. The minimum atomic E-state index is -1.24. The summed E-state index contributed by atoms with van der Waals surface area (Å²) in [5, 5.41) is 36.9. The Bertz CT molecular complexity index is 143. The highest BCUT2D eigenvalue weighted by Crippen LogP contribution is 2.22. The summed E-state index contributed by atoms with van der Waals surface area (Å²) in [5.41, 5.74) is 0. The van der Waals surface area contributed by atoms with E-state index >= 15 is 0 Å². The van der Waals surface area contributed by atoms with E-state index in [4.69, 9.17) is 9.84 Å². The van der Waals surface area contributed by atoms with Crippen molar-refractivity contribution in [3.05, 3.63) is 0 Å². The minimum Gasteiger partial charge on any atom is -0.394 e. The van der Waals surface area contributed by atoms with Crippen molar-refractivity contribution in [2.75, 3.05) is 6.61 Å². The van der Waals surface area contributed by atoms with E-state index in [1.54, 1.807) is 6.92 Å². The Balaban J connectivity index is 2.66. The zero-order chi connectivity index (χ0) is 10.0. The standard InChI is InChI=1S/C8H16O5/c1-2-4-6(10)8(12)7(11)5(3-9)13-4/h4-12H,2-3H2,1H3/t4-,5?,6?,7-,8-/m1/s1. The van der Waals surface area contributed by atoms with Gasteiger partial charge in [0.1, 0.15) is 24.4 Å². The molecule has 0 amide bonds. The van der Waals surface area contributed by atoms with Crippen LogP contribution in [0.5, 0.6) is 0 Å². The molecule has 78 valence electrons. The zero-order valence-electron chi connectivity index (χ0n) is 7.50. The molecule has 0 bridgehead atoms. The van der Waals surface area contributed by atoms with Crippen LogP contribution in [0.4, 0.5) is 0 Å². The maximum Gasteiger partial charge on any atom is 0.111 e. The quantitative estimate of drug-likeness (QED) is 0.416. The number of hydrogen-bond donors (Lipinski definition) is 4. The van der Waals surface area contributed by atoms with Crippen LogP contribution in [-0.4, -0.2) is 57.6 Å². The fraction of sp³-hybridized carbons (Fsp3) is 1.00. The second-order valence-electron chi connectivity index (χ2n) is 3.28. The predicted molar refractivity (Wildman–Crippen MR) is 44.1 cm³/mol. The van der Waals surface area contributed by atoms with Crippen LogP contribution in [-0.2, 0) is 4.74 Å². The highest BCUT2D eigenvalue weighted by atomic mass is 16.5. The number of hydrogen-bond acceptors (Lipinski definition) is 5. The third-order valence-electron chi connectivity index (χ3n) is 2.39. The summed E-state index contributed by atoms with van der Waals surface area (Å²) in [6, 6.07) is 0. The van der Waals surface area contributed by atoms with Crippen molar-refractivity contribution < 1.29 is 25.2 Å². The summed E-state index contributed by atoms with van der Waals surface area (Å²) in [7, 11) is 0. The van der Waals surface area contributed by atoms with Crippen molar-refractivity contribution in [2.45, 2.75) is 43.9 Å². The van der Waals surface area contributed by atoms with Gasteiger partial charge in [-0.2, -0.15) is 0 Å². The van der Waals surface area contributed by atoms with Gasteiger partial charge in [-0.3, -0.25) is 0 Å². The lowest BCUT2D eigenvalue weighted by atomic mass is 9.94. The third-order valence-corrected chi connectivity index (χ3v) is 2.39. The molecule has 0 saturated carbocycles. The topological polar surface area (TPSA) is 90.2 Å². The molecule has 0 radical (unpaired) electrons. The summed E-state index contributed by atoms with van der Waals surface area (Å²) >= 11 is 0. The van der Waals surface area contributed by atoms with Gasteiger partial charge in [0.05, 0.1) is 12.7 Å². The average molecular weight is 192 g/mol. The fourth-order valence-corrected chi connectivity index (χ4v) is 1.52. The van der Waals surface area contributed by atoms with Crippen molar-refractivity contribution in [1.82, 2.24) is 0 Å². The van der Waals surface area contributed by atoms with Gasteiger partial charge in [0, 0.05) is 0 Å². The van der Waals surface area contributed by atoms with E-state index in [9.17, 15) is 15.3 Å². The first-order valence-corrected chi connectivity index (χ1v) is 4.42. The molecule has 0 spiro atoms. The Morgan fingerprint density at radius 3 is 2.00 bits per heavy atom. The van der Waals surface area contributed by atoms with E-state index in [-0.39, 0.29) is 6.61 Å². The van der Waals surface area contributed by atoms with Gasteiger partial charge in [-0.05, 0) is 6.42 Å². The molecule has 1 fully saturated rings. The molecule has 1 rings (SSSR count). The van der Waals surface area contributed by atoms with Gasteiger partial charge in [0.15, 0.2) is 0 Å². The van der Waals surface area contributed by atoms with Gasteiger partial charge in [0.2, 0.25) is 0 Å². The van der Waals surface area contributed by atoms with Gasteiger partial charge in [0.25, 0.3) is 0 Å². The molecule has 0 aromatic rings. The molecule has 2 unspecified atom stereocenters. The third kappa shape index (κ3) is 2.00. The van der Waals surface area contributed by atoms with Crippen LogP contribution < -0.4 is 0 Å². The number of aliphatic hydroxyl groups is 4. The minimum absolute atomic E-state index is 0.360. The molecule has 4 N–H and O–H groups in total. The predicted octanol–water partition coefficient (Wildman–Crippen LogP) is -1.76.